The number of nitrogens with zero attached hydrogens (tertiary/aromatic N) is 4. The number of anilines is 1. The molecule has 6 heteroatoms. The van der Waals surface area contributed by atoms with Crippen LogP contribution in [0, 0.1) is 0 Å². The van der Waals surface area contributed by atoms with Gasteiger partial charge in [-0.25, -0.2) is 4.98 Å². The summed E-state index contributed by atoms with van der Waals surface area (Å²) in [4.78, 5) is 27.8. The molecule has 2 aliphatic rings. The van der Waals surface area contributed by atoms with Crippen LogP contribution in [-0.4, -0.2) is 58.0 Å². The smallest absolute Gasteiger partial charge is 0.249 e. The second kappa shape index (κ2) is 6.63. The first-order valence-electron chi connectivity index (χ1n) is 9.90. The predicted molar refractivity (Wildman–Crippen MR) is 110 cm³/mol. The third-order valence-corrected chi connectivity index (χ3v) is 6.18. The fraction of sp³-hybridized carbons (Fsp3) is 0.364. The van der Waals surface area contributed by atoms with Crippen molar-refractivity contribution < 1.29 is 4.79 Å². The Kier molecular flexibility index (Phi) is 4.09. The maximum absolute atomic E-state index is 13.1. The van der Waals surface area contributed by atoms with Gasteiger partial charge in [-0.2, -0.15) is 0 Å². The predicted octanol–water partition coefficient (Wildman–Crippen LogP) is 2.83. The quantitative estimate of drug-likeness (QED) is 0.765. The van der Waals surface area contributed by atoms with Gasteiger partial charge in [0.2, 0.25) is 5.91 Å². The van der Waals surface area contributed by atoms with E-state index in [2.05, 4.69) is 33.0 Å². The van der Waals surface area contributed by atoms with E-state index in [9.17, 15) is 4.79 Å². The van der Waals surface area contributed by atoms with E-state index in [1.165, 1.54) is 0 Å². The molecule has 2 fully saturated rings. The van der Waals surface area contributed by atoms with Crippen LogP contribution in [0.15, 0.2) is 54.6 Å². The van der Waals surface area contributed by atoms with E-state index in [0.717, 1.165) is 55.0 Å². The van der Waals surface area contributed by atoms with Crippen LogP contribution in [0.2, 0.25) is 0 Å². The van der Waals surface area contributed by atoms with Gasteiger partial charge in [-0.3, -0.25) is 9.69 Å². The van der Waals surface area contributed by atoms with Gasteiger partial charge in [0.1, 0.15) is 11.4 Å². The molecule has 0 bridgehead atoms. The number of carbonyl (C=O) groups is 1. The number of nitrogens with one attached hydrogen (secondary N) is 1. The van der Waals surface area contributed by atoms with Gasteiger partial charge in [0, 0.05) is 25.8 Å². The lowest BCUT2D eigenvalue weighted by atomic mass is 9.85. The van der Waals surface area contributed by atoms with E-state index in [-0.39, 0.29) is 5.91 Å². The molecule has 0 radical (unpaired) electrons. The molecule has 0 saturated carbocycles. The van der Waals surface area contributed by atoms with Gasteiger partial charge in [-0.05, 0) is 37.1 Å². The third kappa shape index (κ3) is 2.76. The summed E-state index contributed by atoms with van der Waals surface area (Å²) in [6.07, 6.45) is 1.68. The molecular formula is C22H25N5O. The molecule has 0 unspecified atom stereocenters. The number of amides is 1. The lowest BCUT2D eigenvalue weighted by Gasteiger charge is -2.43. The summed E-state index contributed by atoms with van der Waals surface area (Å²) < 4.78 is 0. The van der Waals surface area contributed by atoms with Crippen molar-refractivity contribution in [1.82, 2.24) is 19.8 Å². The monoisotopic (exact) mass is 375 g/mol. The largest absolute Gasteiger partial charge is 0.341 e. The zero-order chi connectivity index (χ0) is 19.1. The summed E-state index contributed by atoms with van der Waals surface area (Å²) in [7, 11) is 1.91. The van der Waals surface area contributed by atoms with Crippen molar-refractivity contribution in [2.45, 2.75) is 24.9 Å². The number of benzene rings is 2. The molecule has 5 rings (SSSR count). The number of aromatic amines is 1. The third-order valence-electron chi connectivity index (χ3n) is 6.18. The van der Waals surface area contributed by atoms with Crippen molar-refractivity contribution >= 4 is 22.6 Å². The number of para-hydroxylation sites is 3. The molecule has 1 aromatic heterocycles. The van der Waals surface area contributed by atoms with E-state index in [1.54, 1.807) is 0 Å². The second-order valence-electron chi connectivity index (χ2n) is 7.92. The van der Waals surface area contributed by atoms with Gasteiger partial charge in [0.25, 0.3) is 0 Å². The van der Waals surface area contributed by atoms with Gasteiger partial charge in [0.05, 0.1) is 24.2 Å². The summed E-state index contributed by atoms with van der Waals surface area (Å²) in [5.41, 5.74) is 2.80. The number of likely N-dealkylation sites (N-methyl/N-ethyl adjacent to an activating group) is 1. The van der Waals surface area contributed by atoms with Crippen molar-refractivity contribution in [2.24, 2.45) is 0 Å². The molecule has 1 N–H and O–H groups in total. The zero-order valence-electron chi connectivity index (χ0n) is 16.1. The summed E-state index contributed by atoms with van der Waals surface area (Å²) in [5.74, 6) is 1.24. The van der Waals surface area contributed by atoms with Crippen LogP contribution in [0.4, 0.5) is 5.69 Å². The molecule has 2 aromatic carbocycles. The van der Waals surface area contributed by atoms with E-state index in [4.69, 9.17) is 4.98 Å². The van der Waals surface area contributed by atoms with E-state index >= 15 is 0 Å². The van der Waals surface area contributed by atoms with Crippen LogP contribution in [0.25, 0.3) is 11.0 Å². The molecule has 2 aliphatic heterocycles. The first-order valence-corrected chi connectivity index (χ1v) is 9.90. The van der Waals surface area contributed by atoms with Crippen molar-refractivity contribution in [1.29, 1.82) is 0 Å². The average molecular weight is 375 g/mol. The topological polar surface area (TPSA) is 55.5 Å². The van der Waals surface area contributed by atoms with Gasteiger partial charge in [-0.15, -0.1) is 0 Å². The summed E-state index contributed by atoms with van der Waals surface area (Å²) in [6.45, 7) is 3.23. The molecule has 3 heterocycles. The van der Waals surface area contributed by atoms with Crippen molar-refractivity contribution in [2.75, 3.05) is 31.7 Å². The minimum atomic E-state index is -0.416. The van der Waals surface area contributed by atoms with Crippen LogP contribution >= 0.6 is 0 Å². The molecule has 2 saturated heterocycles. The lowest BCUT2D eigenvalue weighted by molar-refractivity contribution is -0.132. The standard InChI is InChI=1S/C22H25N5O/c1-25-16-27(17-7-3-2-4-8-17)22(21(25)28)11-13-26(14-12-22)15-20-23-18-9-5-6-10-19(18)24-20/h2-10H,11-16H2,1H3,(H,23,24). The Bertz CT molecular complexity index is 957. The van der Waals surface area contributed by atoms with Crippen molar-refractivity contribution in [3.63, 3.8) is 0 Å². The number of likely N-dealkylation sites (tertiary alicyclic amines) is 1. The molecule has 3 aromatic rings. The molecule has 144 valence electrons. The number of aromatic nitrogens is 2. The molecule has 1 amide bonds. The maximum atomic E-state index is 13.1. The Morgan fingerprint density at radius 3 is 2.50 bits per heavy atom. The first kappa shape index (κ1) is 17.3. The minimum absolute atomic E-state index is 0.250. The number of hydrogen-bond donors (Lipinski definition) is 1. The highest BCUT2D eigenvalue weighted by molar-refractivity contribution is 5.93. The molecule has 1 spiro atoms. The highest BCUT2D eigenvalue weighted by atomic mass is 16.2. The zero-order valence-corrected chi connectivity index (χ0v) is 16.1. The first-order chi connectivity index (χ1) is 13.7. The molecule has 28 heavy (non-hydrogen) atoms. The van der Waals surface area contributed by atoms with Gasteiger partial charge < -0.3 is 14.8 Å². The molecule has 0 aliphatic carbocycles. The summed E-state index contributed by atoms with van der Waals surface area (Å²) in [6, 6.07) is 18.4. The van der Waals surface area contributed by atoms with Crippen LogP contribution < -0.4 is 4.90 Å². The van der Waals surface area contributed by atoms with Crippen LogP contribution in [-0.2, 0) is 11.3 Å². The van der Waals surface area contributed by atoms with Crippen LogP contribution in [0.3, 0.4) is 0 Å². The number of carbonyl (C=O) groups excluding carboxylic acids is 1. The molecule has 0 atom stereocenters. The second-order valence-corrected chi connectivity index (χ2v) is 7.92. The highest BCUT2D eigenvalue weighted by Gasteiger charge is 2.52. The van der Waals surface area contributed by atoms with Gasteiger partial charge in [-0.1, -0.05) is 30.3 Å². The number of hydrogen-bond acceptors (Lipinski definition) is 4. The van der Waals surface area contributed by atoms with Crippen LogP contribution in [0.1, 0.15) is 18.7 Å². The fourth-order valence-corrected chi connectivity index (χ4v) is 4.68. The normalized spacial score (nSPS) is 19.8. The number of H-pyrrole nitrogens is 1. The Morgan fingerprint density at radius 1 is 1.04 bits per heavy atom. The Morgan fingerprint density at radius 2 is 1.75 bits per heavy atom. The molecular weight excluding hydrogens is 350 g/mol. The Balaban J connectivity index is 1.33. The Labute approximate surface area is 164 Å². The maximum Gasteiger partial charge on any atom is 0.249 e. The van der Waals surface area contributed by atoms with Crippen molar-refractivity contribution in [3.05, 3.63) is 60.4 Å². The van der Waals surface area contributed by atoms with Gasteiger partial charge in [0.15, 0.2) is 0 Å². The number of fused-ring (bicyclic) bond motifs is 1. The van der Waals surface area contributed by atoms with E-state index in [1.807, 2.05) is 48.3 Å². The summed E-state index contributed by atoms with van der Waals surface area (Å²) >= 11 is 0. The van der Waals surface area contributed by atoms with Crippen LogP contribution in [0.5, 0.6) is 0 Å². The lowest BCUT2D eigenvalue weighted by Crippen LogP contribution is -2.56. The van der Waals surface area contributed by atoms with E-state index in [0.29, 0.717) is 6.67 Å². The number of imidazole rings is 1. The van der Waals surface area contributed by atoms with Crippen molar-refractivity contribution in [3.8, 4) is 0 Å². The highest BCUT2D eigenvalue weighted by Crippen LogP contribution is 2.39. The minimum Gasteiger partial charge on any atom is -0.341 e. The number of piperidine rings is 1. The average Bonchev–Trinajstić information content (AvgIpc) is 3.24. The Hall–Kier alpha value is -2.86. The fourth-order valence-electron chi connectivity index (χ4n) is 4.68. The SMILES string of the molecule is CN1CN(c2ccccc2)C2(CCN(Cc3nc4ccccc4[nH]3)CC2)C1=O. The van der Waals surface area contributed by atoms with E-state index < -0.39 is 5.54 Å². The summed E-state index contributed by atoms with van der Waals surface area (Å²) in [5, 5.41) is 0. The van der Waals surface area contributed by atoms with Gasteiger partial charge >= 0.3 is 0 Å². The number of rotatable bonds is 3. The molecule has 6 nitrogen and oxygen atoms in total.